The van der Waals surface area contributed by atoms with Gasteiger partial charge in [-0.25, -0.2) is 0 Å². The highest BCUT2D eigenvalue weighted by molar-refractivity contribution is 5.78. The first-order chi connectivity index (χ1) is 13.6. The summed E-state index contributed by atoms with van der Waals surface area (Å²) >= 11 is 0. The van der Waals surface area contributed by atoms with Gasteiger partial charge < -0.3 is 19.1 Å². The average Bonchev–Trinajstić information content (AvgIpc) is 2.71. The third-order valence-corrected chi connectivity index (χ3v) is 3.82. The van der Waals surface area contributed by atoms with E-state index in [-0.39, 0.29) is 31.4 Å². The molecule has 0 radical (unpaired) electrons. The molecule has 7 heteroatoms. The molecule has 0 N–H and O–H groups in total. The molecule has 0 unspecified atom stereocenters. The molecule has 0 saturated carbocycles. The molecule has 1 amide bonds. The number of hydrogen-bond donors (Lipinski definition) is 0. The van der Waals surface area contributed by atoms with Crippen molar-refractivity contribution in [3.8, 4) is 11.5 Å². The van der Waals surface area contributed by atoms with Crippen molar-refractivity contribution in [3.05, 3.63) is 54.4 Å². The molecule has 28 heavy (non-hydrogen) atoms. The maximum Gasteiger partial charge on any atom is 0.307 e. The first kappa shape index (κ1) is 21.2. The minimum atomic E-state index is -0.339. The van der Waals surface area contributed by atoms with E-state index in [1.165, 1.54) is 0 Å². The van der Waals surface area contributed by atoms with Crippen LogP contribution in [0.25, 0.3) is 0 Å². The maximum absolute atomic E-state index is 12.7. The molecule has 0 atom stereocenters. The largest absolute Gasteiger partial charge is 0.494 e. The van der Waals surface area contributed by atoms with Crippen LogP contribution in [0.15, 0.2) is 48.7 Å². The minimum Gasteiger partial charge on any atom is -0.494 e. The van der Waals surface area contributed by atoms with Gasteiger partial charge in [0.2, 0.25) is 0 Å². The van der Waals surface area contributed by atoms with Crippen LogP contribution in [-0.4, -0.2) is 48.1 Å². The summed E-state index contributed by atoms with van der Waals surface area (Å²) in [7, 11) is 0. The Morgan fingerprint density at radius 1 is 0.964 bits per heavy atom. The fourth-order valence-corrected chi connectivity index (χ4v) is 2.47. The average molecular weight is 386 g/mol. The Bertz CT molecular complexity index is 734. The zero-order chi connectivity index (χ0) is 20.2. The molecule has 0 aliphatic carbocycles. The highest BCUT2D eigenvalue weighted by Gasteiger charge is 2.17. The number of hydrogen-bond acceptors (Lipinski definition) is 6. The summed E-state index contributed by atoms with van der Waals surface area (Å²) in [5.41, 5.74) is 0.737. The number of nitrogens with zero attached hydrogens (tertiary/aromatic N) is 2. The first-order valence-electron chi connectivity index (χ1n) is 9.31. The summed E-state index contributed by atoms with van der Waals surface area (Å²) in [6.07, 6.45) is 1.79. The standard InChI is InChI=1S/C21H26N2O5/c1-3-26-18-8-10-19(11-9-18)28-16-20(24)23(14-12-21(25)27-4-2)15-17-7-5-6-13-22-17/h5-11,13H,3-4,12,14-16H2,1-2H3. The summed E-state index contributed by atoms with van der Waals surface area (Å²) in [6.45, 7) is 4.96. The summed E-state index contributed by atoms with van der Waals surface area (Å²) in [5, 5.41) is 0. The molecule has 0 aliphatic rings. The second-order valence-electron chi connectivity index (χ2n) is 5.88. The van der Waals surface area contributed by atoms with Gasteiger partial charge in [0.05, 0.1) is 31.9 Å². The van der Waals surface area contributed by atoms with Crippen LogP contribution in [0, 0.1) is 0 Å². The van der Waals surface area contributed by atoms with E-state index >= 15 is 0 Å². The molecule has 7 nitrogen and oxygen atoms in total. The van der Waals surface area contributed by atoms with Crippen molar-refractivity contribution in [1.82, 2.24) is 9.88 Å². The molecule has 1 heterocycles. The molecular weight excluding hydrogens is 360 g/mol. The van der Waals surface area contributed by atoms with E-state index in [4.69, 9.17) is 14.2 Å². The van der Waals surface area contributed by atoms with Crippen molar-refractivity contribution >= 4 is 11.9 Å². The lowest BCUT2D eigenvalue weighted by Gasteiger charge is -2.22. The number of pyridine rings is 1. The summed E-state index contributed by atoms with van der Waals surface area (Å²) in [5.74, 6) is 0.741. The van der Waals surface area contributed by atoms with Gasteiger partial charge in [-0.3, -0.25) is 14.6 Å². The van der Waals surface area contributed by atoms with Crippen LogP contribution in [0.4, 0.5) is 0 Å². The number of carbonyl (C=O) groups is 2. The number of amides is 1. The Morgan fingerprint density at radius 3 is 2.29 bits per heavy atom. The van der Waals surface area contributed by atoms with Gasteiger partial charge in [0, 0.05) is 12.7 Å². The zero-order valence-electron chi connectivity index (χ0n) is 16.3. The number of benzene rings is 1. The number of aromatic nitrogens is 1. The molecule has 2 rings (SSSR count). The van der Waals surface area contributed by atoms with E-state index in [1.54, 1.807) is 42.3 Å². The van der Waals surface area contributed by atoms with E-state index in [0.717, 1.165) is 11.4 Å². The van der Waals surface area contributed by atoms with Gasteiger partial charge in [-0.1, -0.05) is 6.07 Å². The highest BCUT2D eigenvalue weighted by Crippen LogP contribution is 2.17. The lowest BCUT2D eigenvalue weighted by molar-refractivity contribution is -0.144. The fourth-order valence-electron chi connectivity index (χ4n) is 2.47. The van der Waals surface area contributed by atoms with Crippen molar-refractivity contribution in [2.45, 2.75) is 26.8 Å². The second kappa shape index (κ2) is 11.6. The molecule has 2 aromatic rings. The van der Waals surface area contributed by atoms with Crippen molar-refractivity contribution in [1.29, 1.82) is 0 Å². The van der Waals surface area contributed by atoms with Crippen LogP contribution >= 0.6 is 0 Å². The van der Waals surface area contributed by atoms with E-state index in [2.05, 4.69) is 4.98 Å². The smallest absolute Gasteiger partial charge is 0.307 e. The van der Waals surface area contributed by atoms with Gasteiger partial charge in [0.1, 0.15) is 11.5 Å². The quantitative estimate of drug-likeness (QED) is 0.553. The van der Waals surface area contributed by atoms with Gasteiger partial charge in [-0.15, -0.1) is 0 Å². The van der Waals surface area contributed by atoms with Gasteiger partial charge in [0.15, 0.2) is 6.61 Å². The van der Waals surface area contributed by atoms with Crippen LogP contribution in [0.1, 0.15) is 26.0 Å². The van der Waals surface area contributed by atoms with Crippen LogP contribution in [0.3, 0.4) is 0 Å². The predicted molar refractivity (Wildman–Crippen MR) is 104 cm³/mol. The minimum absolute atomic E-state index is 0.121. The van der Waals surface area contributed by atoms with Crippen LogP contribution in [0.5, 0.6) is 11.5 Å². The normalized spacial score (nSPS) is 10.2. The Hall–Kier alpha value is -3.09. The molecule has 0 spiro atoms. The fraction of sp³-hybridized carbons (Fsp3) is 0.381. The van der Waals surface area contributed by atoms with E-state index in [0.29, 0.717) is 25.5 Å². The van der Waals surface area contributed by atoms with E-state index in [9.17, 15) is 9.59 Å². The molecular formula is C21H26N2O5. The molecule has 0 fully saturated rings. The molecule has 150 valence electrons. The third kappa shape index (κ3) is 7.26. The number of ether oxygens (including phenoxy) is 3. The first-order valence-corrected chi connectivity index (χ1v) is 9.31. The van der Waals surface area contributed by atoms with Crippen LogP contribution in [-0.2, 0) is 20.9 Å². The van der Waals surface area contributed by atoms with Crippen molar-refractivity contribution in [3.63, 3.8) is 0 Å². The summed E-state index contributed by atoms with van der Waals surface area (Å²) in [4.78, 5) is 30.1. The lowest BCUT2D eigenvalue weighted by atomic mass is 10.3. The highest BCUT2D eigenvalue weighted by atomic mass is 16.5. The Labute approximate surface area is 165 Å². The topological polar surface area (TPSA) is 78.0 Å². The Balaban J connectivity index is 1.95. The van der Waals surface area contributed by atoms with Gasteiger partial charge in [-0.2, -0.15) is 0 Å². The molecule has 0 saturated heterocycles. The third-order valence-electron chi connectivity index (χ3n) is 3.82. The summed E-state index contributed by atoms with van der Waals surface area (Å²) < 4.78 is 15.9. The molecule has 0 aliphatic heterocycles. The van der Waals surface area contributed by atoms with Crippen LogP contribution in [0.2, 0.25) is 0 Å². The van der Waals surface area contributed by atoms with Crippen molar-refractivity contribution < 1.29 is 23.8 Å². The molecule has 0 bridgehead atoms. The zero-order valence-corrected chi connectivity index (χ0v) is 16.3. The van der Waals surface area contributed by atoms with Gasteiger partial charge in [-0.05, 0) is 50.2 Å². The Kier molecular flexibility index (Phi) is 8.78. The van der Waals surface area contributed by atoms with Gasteiger partial charge in [0.25, 0.3) is 5.91 Å². The maximum atomic E-state index is 12.7. The second-order valence-corrected chi connectivity index (χ2v) is 5.88. The van der Waals surface area contributed by atoms with Gasteiger partial charge >= 0.3 is 5.97 Å². The molecule has 1 aromatic carbocycles. The SMILES string of the molecule is CCOC(=O)CCN(Cc1ccccn1)C(=O)COc1ccc(OCC)cc1. The number of esters is 1. The van der Waals surface area contributed by atoms with E-state index < -0.39 is 0 Å². The predicted octanol–water partition coefficient (Wildman–Crippen LogP) is 2.84. The van der Waals surface area contributed by atoms with Crippen molar-refractivity contribution in [2.24, 2.45) is 0 Å². The number of carbonyl (C=O) groups excluding carboxylic acids is 2. The van der Waals surface area contributed by atoms with Crippen molar-refractivity contribution in [2.75, 3.05) is 26.4 Å². The molecule has 1 aromatic heterocycles. The lowest BCUT2D eigenvalue weighted by Crippen LogP contribution is -2.36. The number of rotatable bonds is 11. The van der Waals surface area contributed by atoms with Crippen LogP contribution < -0.4 is 9.47 Å². The Morgan fingerprint density at radius 2 is 1.68 bits per heavy atom. The summed E-state index contributed by atoms with van der Waals surface area (Å²) in [6, 6.07) is 12.6. The van der Waals surface area contributed by atoms with E-state index in [1.807, 2.05) is 25.1 Å². The monoisotopic (exact) mass is 386 g/mol.